The Balaban J connectivity index is 1.67. The first-order valence-corrected chi connectivity index (χ1v) is 10.5. The van der Waals surface area contributed by atoms with Gasteiger partial charge < -0.3 is 9.73 Å². The monoisotopic (exact) mass is 463 g/mol. The number of para-hydroxylation sites is 1. The summed E-state index contributed by atoms with van der Waals surface area (Å²) < 4.78 is 5.85. The smallest absolute Gasteiger partial charge is 0.291 e. The summed E-state index contributed by atoms with van der Waals surface area (Å²) in [7, 11) is 0. The van der Waals surface area contributed by atoms with Gasteiger partial charge in [0.25, 0.3) is 5.91 Å². The minimum absolute atomic E-state index is 0.191. The Labute approximate surface area is 185 Å². The molecule has 1 amide bonds. The van der Waals surface area contributed by atoms with Crippen LogP contribution in [0.5, 0.6) is 0 Å². The van der Waals surface area contributed by atoms with E-state index in [1.165, 1.54) is 23.9 Å². The van der Waals surface area contributed by atoms with Crippen molar-refractivity contribution in [2.24, 2.45) is 0 Å². The summed E-state index contributed by atoms with van der Waals surface area (Å²) in [6.07, 6.45) is 3.34. The number of thioether (sulfide) groups is 1. The average Bonchev–Trinajstić information content (AvgIpc) is 3.10. The number of hydrogen-bond donors (Lipinski definition) is 1. The SMILES string of the molecule is O=C(Nc1cc(Cl)c(Cl)cc1Cl)c1oc2ccccc2c1CSc1ncccn1. The number of anilines is 1. The van der Waals surface area contributed by atoms with Crippen LogP contribution in [-0.2, 0) is 5.75 Å². The molecule has 2 aromatic carbocycles. The molecule has 146 valence electrons. The number of fused-ring (bicyclic) bond motifs is 1. The van der Waals surface area contributed by atoms with Gasteiger partial charge in [-0.3, -0.25) is 4.79 Å². The Bertz CT molecular complexity index is 1200. The molecule has 0 saturated carbocycles. The molecule has 2 heterocycles. The second-order valence-corrected chi connectivity index (χ2v) is 8.09. The maximum atomic E-state index is 13.0. The molecule has 0 fully saturated rings. The maximum Gasteiger partial charge on any atom is 0.291 e. The van der Waals surface area contributed by atoms with Gasteiger partial charge in [0, 0.05) is 29.1 Å². The van der Waals surface area contributed by atoms with E-state index in [9.17, 15) is 4.79 Å². The van der Waals surface area contributed by atoms with Gasteiger partial charge in [0.05, 0.1) is 20.8 Å². The molecule has 0 saturated heterocycles. The van der Waals surface area contributed by atoms with Gasteiger partial charge >= 0.3 is 0 Å². The summed E-state index contributed by atoms with van der Waals surface area (Å²) in [4.78, 5) is 21.4. The molecule has 1 N–H and O–H groups in total. The van der Waals surface area contributed by atoms with Crippen LogP contribution in [0, 0.1) is 0 Å². The fraction of sp³-hybridized carbons (Fsp3) is 0.0500. The van der Waals surface area contributed by atoms with E-state index >= 15 is 0 Å². The Morgan fingerprint density at radius 1 is 1.00 bits per heavy atom. The summed E-state index contributed by atoms with van der Waals surface area (Å²) in [5, 5.41) is 5.07. The maximum absolute atomic E-state index is 13.0. The predicted octanol–water partition coefficient (Wildman–Crippen LogP) is 6.73. The number of furan rings is 1. The van der Waals surface area contributed by atoms with Crippen LogP contribution in [0.4, 0.5) is 5.69 Å². The van der Waals surface area contributed by atoms with Crippen molar-refractivity contribution in [2.75, 3.05) is 5.32 Å². The van der Waals surface area contributed by atoms with Gasteiger partial charge in [-0.05, 0) is 24.3 Å². The van der Waals surface area contributed by atoms with Crippen LogP contribution in [0.3, 0.4) is 0 Å². The number of carbonyl (C=O) groups excluding carboxylic acids is 1. The molecule has 0 spiro atoms. The number of benzene rings is 2. The highest BCUT2D eigenvalue weighted by atomic mass is 35.5. The molecular formula is C20H12Cl3N3O2S. The molecule has 0 bridgehead atoms. The van der Waals surface area contributed by atoms with Gasteiger partial charge in [-0.2, -0.15) is 0 Å². The Kier molecular flexibility index (Phi) is 5.96. The number of amides is 1. The lowest BCUT2D eigenvalue weighted by Crippen LogP contribution is -2.13. The number of carbonyl (C=O) groups is 1. The van der Waals surface area contributed by atoms with Crippen molar-refractivity contribution in [3.63, 3.8) is 0 Å². The lowest BCUT2D eigenvalue weighted by molar-refractivity contribution is 0.0998. The van der Waals surface area contributed by atoms with E-state index in [2.05, 4.69) is 15.3 Å². The van der Waals surface area contributed by atoms with Crippen molar-refractivity contribution in [2.45, 2.75) is 10.9 Å². The van der Waals surface area contributed by atoms with Gasteiger partial charge in [0.1, 0.15) is 5.58 Å². The van der Waals surface area contributed by atoms with Crippen molar-refractivity contribution in [1.29, 1.82) is 0 Å². The van der Waals surface area contributed by atoms with Crippen molar-refractivity contribution < 1.29 is 9.21 Å². The molecule has 0 atom stereocenters. The lowest BCUT2D eigenvalue weighted by Gasteiger charge is -2.08. The first kappa shape index (κ1) is 20.0. The summed E-state index contributed by atoms with van der Waals surface area (Å²) in [5.74, 6) is 0.210. The zero-order valence-corrected chi connectivity index (χ0v) is 17.7. The Morgan fingerprint density at radius 3 is 2.52 bits per heavy atom. The van der Waals surface area contributed by atoms with E-state index in [-0.39, 0.29) is 15.8 Å². The third kappa shape index (κ3) is 4.36. The largest absolute Gasteiger partial charge is 0.451 e. The topological polar surface area (TPSA) is 68.0 Å². The molecule has 0 aliphatic carbocycles. The van der Waals surface area contributed by atoms with Crippen LogP contribution in [0.25, 0.3) is 11.0 Å². The predicted molar refractivity (Wildman–Crippen MR) is 117 cm³/mol. The van der Waals surface area contributed by atoms with E-state index in [0.717, 1.165) is 10.9 Å². The zero-order valence-electron chi connectivity index (χ0n) is 14.7. The van der Waals surface area contributed by atoms with E-state index in [0.29, 0.717) is 27.2 Å². The van der Waals surface area contributed by atoms with Gasteiger partial charge in [-0.15, -0.1) is 0 Å². The molecular weight excluding hydrogens is 453 g/mol. The standard InChI is InChI=1S/C20H12Cl3N3O2S/c21-13-8-15(23)16(9-14(13)22)26-19(27)18-12(10-29-20-24-6-3-7-25-20)11-4-1-2-5-17(11)28-18/h1-9H,10H2,(H,26,27). The number of hydrogen-bond acceptors (Lipinski definition) is 5. The highest BCUT2D eigenvalue weighted by molar-refractivity contribution is 7.98. The van der Waals surface area contributed by atoms with E-state index in [1.54, 1.807) is 18.5 Å². The van der Waals surface area contributed by atoms with Gasteiger partial charge in [0.2, 0.25) is 0 Å². The van der Waals surface area contributed by atoms with E-state index in [4.69, 9.17) is 39.2 Å². The van der Waals surface area contributed by atoms with Crippen molar-refractivity contribution in [3.8, 4) is 0 Å². The molecule has 2 aromatic heterocycles. The fourth-order valence-electron chi connectivity index (χ4n) is 2.72. The normalized spacial score (nSPS) is 11.0. The number of rotatable bonds is 5. The minimum atomic E-state index is -0.439. The summed E-state index contributed by atoms with van der Waals surface area (Å²) in [6, 6.07) is 12.2. The van der Waals surface area contributed by atoms with E-state index < -0.39 is 5.91 Å². The second kappa shape index (κ2) is 8.63. The first-order chi connectivity index (χ1) is 14.0. The highest BCUT2D eigenvalue weighted by Gasteiger charge is 2.22. The van der Waals surface area contributed by atoms with E-state index in [1.807, 2.05) is 24.3 Å². The highest BCUT2D eigenvalue weighted by Crippen LogP contribution is 2.34. The molecule has 5 nitrogen and oxygen atoms in total. The molecule has 4 rings (SSSR count). The third-order valence-electron chi connectivity index (χ3n) is 4.05. The van der Waals surface area contributed by atoms with Gasteiger partial charge in [0.15, 0.2) is 10.9 Å². The van der Waals surface area contributed by atoms with Crippen molar-refractivity contribution >= 4 is 69.1 Å². The van der Waals surface area contributed by atoms with Gasteiger partial charge in [-0.1, -0.05) is 64.8 Å². The molecule has 9 heteroatoms. The van der Waals surface area contributed by atoms with Crippen molar-refractivity contribution in [1.82, 2.24) is 9.97 Å². The van der Waals surface area contributed by atoms with Crippen LogP contribution < -0.4 is 5.32 Å². The quantitative estimate of drug-likeness (QED) is 0.201. The second-order valence-electron chi connectivity index (χ2n) is 5.93. The van der Waals surface area contributed by atoms with Crippen LogP contribution in [0.1, 0.15) is 16.1 Å². The number of aromatic nitrogens is 2. The summed E-state index contributed by atoms with van der Waals surface area (Å²) in [5.41, 5.74) is 1.70. The minimum Gasteiger partial charge on any atom is -0.451 e. The molecule has 0 radical (unpaired) electrons. The van der Waals surface area contributed by atoms with Gasteiger partial charge in [-0.25, -0.2) is 9.97 Å². The number of nitrogens with one attached hydrogen (secondary N) is 1. The first-order valence-electron chi connectivity index (χ1n) is 8.39. The molecule has 4 aromatic rings. The third-order valence-corrected chi connectivity index (χ3v) is 5.99. The molecule has 0 unspecified atom stereocenters. The summed E-state index contributed by atoms with van der Waals surface area (Å²) >= 11 is 19.6. The van der Waals surface area contributed by atoms with Crippen LogP contribution >= 0.6 is 46.6 Å². The van der Waals surface area contributed by atoms with Crippen LogP contribution in [0.2, 0.25) is 15.1 Å². The Hall–Kier alpha value is -2.25. The lowest BCUT2D eigenvalue weighted by atomic mass is 10.1. The van der Waals surface area contributed by atoms with Crippen LogP contribution in [-0.4, -0.2) is 15.9 Å². The zero-order chi connectivity index (χ0) is 20.4. The summed E-state index contributed by atoms with van der Waals surface area (Å²) in [6.45, 7) is 0. The molecule has 0 aliphatic rings. The fourth-order valence-corrected chi connectivity index (χ4v) is 4.14. The molecule has 0 aliphatic heterocycles. The van der Waals surface area contributed by atoms with Crippen LogP contribution in [0.15, 0.2) is 64.4 Å². The number of halogens is 3. The van der Waals surface area contributed by atoms with Crippen molar-refractivity contribution in [3.05, 3.63) is 81.2 Å². The average molecular weight is 465 g/mol. The molecule has 29 heavy (non-hydrogen) atoms. The Morgan fingerprint density at radius 2 is 1.72 bits per heavy atom. The number of nitrogens with zero attached hydrogens (tertiary/aromatic N) is 2.